The standard InChI is InChI=1S/C24H31N7O/c1-15-27-13-19(29(15)5)16-7-8-18(20(11-16)32-6)31-21-17(12-28-23(31)26)9-10-30(22(21)25)14-24(2,3)4/h7-13H,14,25H2,1-6H3,(H2,26,28). The van der Waals surface area contributed by atoms with Crippen LogP contribution in [0.15, 0.2) is 65.0 Å². The maximum absolute atomic E-state index is 6.67. The summed E-state index contributed by atoms with van der Waals surface area (Å²) in [5, 5.41) is 0. The van der Waals surface area contributed by atoms with E-state index in [2.05, 4.69) is 35.6 Å². The topological polar surface area (TPSA) is 97.9 Å². The van der Waals surface area contributed by atoms with Gasteiger partial charge in [-0.3, -0.25) is 4.90 Å². The van der Waals surface area contributed by atoms with E-state index < -0.39 is 0 Å². The molecule has 8 nitrogen and oxygen atoms in total. The van der Waals surface area contributed by atoms with Gasteiger partial charge in [0.1, 0.15) is 17.4 Å². The molecule has 4 N–H and O–H groups in total. The number of allylic oxidation sites excluding steroid dienone is 1. The van der Waals surface area contributed by atoms with Crippen molar-refractivity contribution in [2.24, 2.45) is 28.9 Å². The number of aryl methyl sites for hydroxylation is 1. The summed E-state index contributed by atoms with van der Waals surface area (Å²) in [5.74, 6) is 2.56. The predicted octanol–water partition coefficient (Wildman–Crippen LogP) is 3.43. The number of aliphatic imine (C=N–C) groups is 1. The number of ether oxygens (including phenoxy) is 1. The van der Waals surface area contributed by atoms with Crippen LogP contribution in [0, 0.1) is 12.3 Å². The Kier molecular flexibility index (Phi) is 5.24. The van der Waals surface area contributed by atoms with E-state index in [-0.39, 0.29) is 5.41 Å². The van der Waals surface area contributed by atoms with Crippen molar-refractivity contribution in [3.8, 4) is 17.0 Å². The van der Waals surface area contributed by atoms with Crippen molar-refractivity contribution in [3.63, 3.8) is 0 Å². The number of hydrogen-bond acceptors (Lipinski definition) is 7. The molecule has 2 aliphatic rings. The number of benzene rings is 1. The minimum absolute atomic E-state index is 0.0659. The maximum Gasteiger partial charge on any atom is 0.205 e. The van der Waals surface area contributed by atoms with Crippen molar-refractivity contribution >= 4 is 11.6 Å². The van der Waals surface area contributed by atoms with Crippen molar-refractivity contribution in [2.45, 2.75) is 27.7 Å². The van der Waals surface area contributed by atoms with Crippen LogP contribution in [0.4, 0.5) is 5.69 Å². The zero-order valence-electron chi connectivity index (χ0n) is 19.5. The SMILES string of the molecule is COc1cc(-c2cnc(C)n2C)ccc1N1C(N)=NC=C2C=CN(CC(C)(C)C)C(N)=C21. The van der Waals surface area contributed by atoms with Crippen LogP contribution in [0.2, 0.25) is 0 Å². The molecule has 0 atom stereocenters. The molecule has 1 aromatic heterocycles. The molecular weight excluding hydrogens is 402 g/mol. The Hall–Kier alpha value is -3.68. The minimum Gasteiger partial charge on any atom is -0.495 e. The lowest BCUT2D eigenvalue weighted by Gasteiger charge is -2.38. The summed E-state index contributed by atoms with van der Waals surface area (Å²) in [6.45, 7) is 9.29. The summed E-state index contributed by atoms with van der Waals surface area (Å²) < 4.78 is 7.83. The Labute approximate surface area is 189 Å². The second-order valence-corrected chi connectivity index (χ2v) is 9.28. The molecule has 1 aromatic carbocycles. The van der Waals surface area contributed by atoms with Gasteiger partial charge in [0.25, 0.3) is 0 Å². The Balaban J connectivity index is 1.81. The molecule has 0 fully saturated rings. The molecule has 0 bridgehead atoms. The largest absolute Gasteiger partial charge is 0.495 e. The van der Waals surface area contributed by atoms with E-state index in [4.69, 9.17) is 16.2 Å². The summed E-state index contributed by atoms with van der Waals surface area (Å²) in [4.78, 5) is 12.7. The molecule has 0 aliphatic carbocycles. The molecule has 3 heterocycles. The lowest BCUT2D eigenvalue weighted by Crippen LogP contribution is -2.44. The lowest BCUT2D eigenvalue weighted by atomic mass is 9.95. The van der Waals surface area contributed by atoms with E-state index in [1.807, 2.05) is 60.1 Å². The fraction of sp³-hybridized carbons (Fsp3) is 0.333. The van der Waals surface area contributed by atoms with Gasteiger partial charge < -0.3 is 25.7 Å². The number of aromatic nitrogens is 2. The number of nitrogens with two attached hydrogens (primary N) is 2. The smallest absolute Gasteiger partial charge is 0.205 e. The van der Waals surface area contributed by atoms with E-state index in [1.165, 1.54) is 0 Å². The van der Waals surface area contributed by atoms with Gasteiger partial charge in [0, 0.05) is 37.1 Å². The van der Waals surface area contributed by atoms with Crippen molar-refractivity contribution in [1.82, 2.24) is 14.5 Å². The maximum atomic E-state index is 6.67. The molecule has 0 amide bonds. The normalized spacial score (nSPS) is 16.2. The molecule has 4 rings (SSSR count). The highest BCUT2D eigenvalue weighted by molar-refractivity contribution is 6.02. The summed E-state index contributed by atoms with van der Waals surface area (Å²) in [7, 11) is 3.64. The first-order valence-electron chi connectivity index (χ1n) is 10.6. The van der Waals surface area contributed by atoms with Gasteiger partial charge in [0.15, 0.2) is 0 Å². The van der Waals surface area contributed by atoms with Crippen LogP contribution in [0.5, 0.6) is 5.75 Å². The highest BCUT2D eigenvalue weighted by atomic mass is 16.5. The van der Waals surface area contributed by atoms with Gasteiger partial charge in [-0.2, -0.15) is 0 Å². The molecule has 32 heavy (non-hydrogen) atoms. The quantitative estimate of drug-likeness (QED) is 0.767. The highest BCUT2D eigenvalue weighted by Crippen LogP contribution is 2.39. The number of fused-ring (bicyclic) bond motifs is 1. The summed E-state index contributed by atoms with van der Waals surface area (Å²) in [5.41, 5.74) is 17.6. The van der Waals surface area contributed by atoms with Gasteiger partial charge in [0.05, 0.1) is 30.4 Å². The van der Waals surface area contributed by atoms with Crippen LogP contribution >= 0.6 is 0 Å². The zero-order valence-corrected chi connectivity index (χ0v) is 19.5. The van der Waals surface area contributed by atoms with Crippen LogP contribution < -0.4 is 21.1 Å². The second-order valence-electron chi connectivity index (χ2n) is 9.28. The van der Waals surface area contributed by atoms with Gasteiger partial charge in [-0.1, -0.05) is 26.8 Å². The van der Waals surface area contributed by atoms with Crippen molar-refractivity contribution < 1.29 is 4.74 Å². The number of anilines is 1. The lowest BCUT2D eigenvalue weighted by molar-refractivity contribution is 0.285. The Morgan fingerprint density at radius 3 is 2.53 bits per heavy atom. The molecule has 0 unspecified atom stereocenters. The van der Waals surface area contributed by atoms with Crippen molar-refractivity contribution in [3.05, 3.63) is 65.8 Å². The van der Waals surface area contributed by atoms with E-state index in [0.29, 0.717) is 17.5 Å². The fourth-order valence-corrected chi connectivity index (χ4v) is 3.95. The van der Waals surface area contributed by atoms with Crippen LogP contribution in [0.1, 0.15) is 26.6 Å². The third kappa shape index (κ3) is 3.72. The van der Waals surface area contributed by atoms with E-state index >= 15 is 0 Å². The summed E-state index contributed by atoms with van der Waals surface area (Å²) >= 11 is 0. The number of rotatable bonds is 4. The Morgan fingerprint density at radius 1 is 1.16 bits per heavy atom. The number of hydrogen-bond donors (Lipinski definition) is 2. The van der Waals surface area contributed by atoms with Gasteiger partial charge in [0.2, 0.25) is 5.96 Å². The molecule has 0 saturated carbocycles. The van der Waals surface area contributed by atoms with Crippen molar-refractivity contribution in [1.29, 1.82) is 0 Å². The molecular formula is C24H31N7O. The number of guanidine groups is 1. The highest BCUT2D eigenvalue weighted by Gasteiger charge is 2.31. The molecule has 168 valence electrons. The number of nitrogens with zero attached hydrogens (tertiary/aromatic N) is 5. The predicted molar refractivity (Wildman–Crippen MR) is 129 cm³/mol. The fourth-order valence-electron chi connectivity index (χ4n) is 3.95. The van der Waals surface area contributed by atoms with Crippen LogP contribution in [0.25, 0.3) is 11.3 Å². The van der Waals surface area contributed by atoms with Crippen LogP contribution in [-0.4, -0.2) is 34.1 Å². The molecule has 0 spiro atoms. The van der Waals surface area contributed by atoms with Gasteiger partial charge in [-0.15, -0.1) is 0 Å². The van der Waals surface area contributed by atoms with Crippen LogP contribution in [0.3, 0.4) is 0 Å². The Morgan fingerprint density at radius 2 is 1.91 bits per heavy atom. The monoisotopic (exact) mass is 433 g/mol. The van der Waals surface area contributed by atoms with E-state index in [1.54, 1.807) is 13.3 Å². The van der Waals surface area contributed by atoms with Gasteiger partial charge in [-0.25, -0.2) is 9.98 Å². The second kappa shape index (κ2) is 7.78. The van der Waals surface area contributed by atoms with E-state index in [0.717, 1.165) is 40.6 Å². The molecule has 8 heteroatoms. The minimum atomic E-state index is 0.0659. The third-order valence-electron chi connectivity index (χ3n) is 5.63. The molecule has 2 aliphatic heterocycles. The first kappa shape index (κ1) is 21.5. The molecule has 0 saturated heterocycles. The summed E-state index contributed by atoms with van der Waals surface area (Å²) in [6, 6.07) is 6.00. The van der Waals surface area contributed by atoms with Crippen molar-refractivity contribution in [2.75, 3.05) is 18.6 Å². The molecule has 2 aromatic rings. The first-order valence-corrected chi connectivity index (χ1v) is 10.6. The first-order chi connectivity index (χ1) is 15.1. The zero-order chi connectivity index (χ0) is 23.2. The Bertz CT molecular complexity index is 1180. The average Bonchev–Trinajstić information content (AvgIpc) is 3.07. The number of imidazole rings is 1. The van der Waals surface area contributed by atoms with Gasteiger partial charge >= 0.3 is 0 Å². The number of methoxy groups -OCH3 is 1. The van der Waals surface area contributed by atoms with E-state index in [9.17, 15) is 0 Å². The average molecular weight is 434 g/mol. The third-order valence-corrected chi connectivity index (χ3v) is 5.63. The summed E-state index contributed by atoms with van der Waals surface area (Å²) in [6.07, 6.45) is 7.62. The van der Waals surface area contributed by atoms with Gasteiger partial charge in [-0.05, 0) is 30.5 Å². The molecule has 0 radical (unpaired) electrons. The van der Waals surface area contributed by atoms with Crippen LogP contribution in [-0.2, 0) is 7.05 Å².